The van der Waals surface area contributed by atoms with Gasteiger partial charge in [0.2, 0.25) is 5.91 Å². The number of carbonyl (C=O) groups excluding carboxylic acids is 1. The number of morpholine rings is 1. The number of amides is 1. The normalized spacial score (nSPS) is 19.4. The van der Waals surface area contributed by atoms with Crippen molar-refractivity contribution in [3.63, 3.8) is 0 Å². The maximum Gasteiger partial charge on any atom is 0.221 e. The lowest BCUT2D eigenvalue weighted by Gasteiger charge is -2.32. The number of anilines is 1. The molecule has 0 saturated carbocycles. The van der Waals surface area contributed by atoms with Crippen LogP contribution in [0.4, 0.5) is 5.69 Å². The van der Waals surface area contributed by atoms with Crippen LogP contribution < -0.4 is 10.6 Å². The van der Waals surface area contributed by atoms with Gasteiger partial charge < -0.3 is 15.4 Å². The third kappa shape index (κ3) is 5.12. The van der Waals surface area contributed by atoms with E-state index in [1.807, 2.05) is 24.3 Å². The first-order valence-corrected chi connectivity index (χ1v) is 7.59. The molecule has 0 bridgehead atoms. The van der Waals surface area contributed by atoms with Crippen molar-refractivity contribution in [3.8, 4) is 0 Å². The summed E-state index contributed by atoms with van der Waals surface area (Å²) in [6.07, 6.45) is 0.242. The highest BCUT2D eigenvalue weighted by molar-refractivity contribution is 5.89. The fourth-order valence-corrected chi connectivity index (χ4v) is 2.55. The van der Waals surface area contributed by atoms with E-state index < -0.39 is 0 Å². The van der Waals surface area contributed by atoms with Gasteiger partial charge in [-0.15, -0.1) is 0 Å². The molecule has 1 unspecified atom stereocenters. The number of hydrogen-bond acceptors (Lipinski definition) is 4. The fourth-order valence-electron chi connectivity index (χ4n) is 2.55. The minimum absolute atomic E-state index is 0.0448. The van der Waals surface area contributed by atoms with E-state index in [0.717, 1.165) is 50.6 Å². The molecule has 2 N–H and O–H groups in total. The van der Waals surface area contributed by atoms with Crippen LogP contribution in [0.3, 0.4) is 0 Å². The lowest BCUT2D eigenvalue weighted by atomic mass is 10.1. The Morgan fingerprint density at radius 3 is 3.00 bits per heavy atom. The average Bonchev–Trinajstić information content (AvgIpc) is 2.49. The Labute approximate surface area is 126 Å². The standard InChI is InChI=1S/C16H25N3O2/c1-3-19-8-9-21-15(12-19)11-17-10-14-6-4-5-7-16(14)18-13(2)20/h4-7,15,17H,3,8-12H2,1-2H3,(H,18,20). The molecular formula is C16H25N3O2. The summed E-state index contributed by atoms with van der Waals surface area (Å²) in [6.45, 7) is 9.15. The first-order valence-electron chi connectivity index (χ1n) is 7.59. The zero-order valence-electron chi connectivity index (χ0n) is 12.9. The second-order valence-electron chi connectivity index (χ2n) is 5.36. The first-order chi connectivity index (χ1) is 10.2. The highest BCUT2D eigenvalue weighted by Gasteiger charge is 2.18. The second-order valence-corrected chi connectivity index (χ2v) is 5.36. The summed E-state index contributed by atoms with van der Waals surface area (Å²) in [5, 5.41) is 6.29. The summed E-state index contributed by atoms with van der Waals surface area (Å²) in [6, 6.07) is 7.86. The van der Waals surface area contributed by atoms with Gasteiger partial charge in [-0.25, -0.2) is 0 Å². The molecule has 0 spiro atoms. The largest absolute Gasteiger partial charge is 0.374 e. The maximum atomic E-state index is 11.2. The van der Waals surface area contributed by atoms with Gasteiger partial charge in [-0.05, 0) is 18.2 Å². The SMILES string of the molecule is CCN1CCOC(CNCc2ccccc2NC(C)=O)C1. The molecule has 5 nitrogen and oxygen atoms in total. The van der Waals surface area contributed by atoms with Crippen molar-refractivity contribution in [2.45, 2.75) is 26.5 Å². The van der Waals surface area contributed by atoms with E-state index in [1.165, 1.54) is 6.92 Å². The molecular weight excluding hydrogens is 266 g/mol. The van der Waals surface area contributed by atoms with Crippen molar-refractivity contribution in [1.82, 2.24) is 10.2 Å². The van der Waals surface area contributed by atoms with Crippen LogP contribution >= 0.6 is 0 Å². The number of benzene rings is 1. The fraction of sp³-hybridized carbons (Fsp3) is 0.562. The van der Waals surface area contributed by atoms with Gasteiger partial charge in [0.05, 0.1) is 12.7 Å². The van der Waals surface area contributed by atoms with E-state index in [4.69, 9.17) is 4.74 Å². The van der Waals surface area contributed by atoms with Crippen LogP contribution in [0, 0.1) is 0 Å². The molecule has 5 heteroatoms. The Morgan fingerprint density at radius 2 is 2.24 bits per heavy atom. The number of rotatable bonds is 6. The van der Waals surface area contributed by atoms with Crippen molar-refractivity contribution >= 4 is 11.6 Å². The molecule has 1 fully saturated rings. The average molecular weight is 291 g/mol. The molecule has 1 aromatic rings. The van der Waals surface area contributed by atoms with Gasteiger partial charge in [-0.1, -0.05) is 25.1 Å². The highest BCUT2D eigenvalue weighted by atomic mass is 16.5. The summed E-state index contributed by atoms with van der Waals surface area (Å²) in [7, 11) is 0. The third-order valence-corrected chi connectivity index (χ3v) is 3.69. The van der Waals surface area contributed by atoms with Crippen LogP contribution in [0.2, 0.25) is 0 Å². The van der Waals surface area contributed by atoms with Gasteiger partial charge in [0.15, 0.2) is 0 Å². The van der Waals surface area contributed by atoms with Crippen LogP contribution in [-0.2, 0) is 16.1 Å². The van der Waals surface area contributed by atoms with E-state index in [1.54, 1.807) is 0 Å². The lowest BCUT2D eigenvalue weighted by molar-refractivity contribution is -0.114. The lowest BCUT2D eigenvalue weighted by Crippen LogP contribution is -2.46. The number of hydrogen-bond donors (Lipinski definition) is 2. The Bertz CT molecular complexity index is 465. The van der Waals surface area contributed by atoms with Gasteiger partial charge in [0, 0.05) is 38.8 Å². The van der Waals surface area contributed by atoms with Crippen LogP contribution in [0.5, 0.6) is 0 Å². The Hall–Kier alpha value is -1.43. The molecule has 1 aromatic carbocycles. The van der Waals surface area contributed by atoms with Crippen molar-refractivity contribution in [2.75, 3.05) is 38.1 Å². The smallest absolute Gasteiger partial charge is 0.221 e. The summed E-state index contributed by atoms with van der Waals surface area (Å²) in [5.41, 5.74) is 1.97. The van der Waals surface area contributed by atoms with Crippen molar-refractivity contribution in [3.05, 3.63) is 29.8 Å². The number of para-hydroxylation sites is 1. The van der Waals surface area contributed by atoms with Crippen molar-refractivity contribution in [1.29, 1.82) is 0 Å². The molecule has 1 saturated heterocycles. The van der Waals surface area contributed by atoms with E-state index in [0.29, 0.717) is 0 Å². The minimum Gasteiger partial charge on any atom is -0.374 e. The number of carbonyl (C=O) groups is 1. The molecule has 1 heterocycles. The number of nitrogens with zero attached hydrogens (tertiary/aromatic N) is 1. The van der Waals surface area contributed by atoms with Gasteiger partial charge in [-0.2, -0.15) is 0 Å². The van der Waals surface area contributed by atoms with E-state index in [9.17, 15) is 4.79 Å². The highest BCUT2D eigenvalue weighted by Crippen LogP contribution is 2.14. The van der Waals surface area contributed by atoms with Gasteiger partial charge >= 0.3 is 0 Å². The summed E-state index contributed by atoms with van der Waals surface area (Å²) >= 11 is 0. The molecule has 0 aromatic heterocycles. The number of nitrogens with one attached hydrogen (secondary N) is 2. The first kappa shape index (κ1) is 15.9. The zero-order valence-corrected chi connectivity index (χ0v) is 12.9. The number of ether oxygens (including phenoxy) is 1. The van der Waals surface area contributed by atoms with Crippen LogP contribution in [-0.4, -0.2) is 49.7 Å². The summed E-state index contributed by atoms with van der Waals surface area (Å²) in [4.78, 5) is 13.6. The topological polar surface area (TPSA) is 53.6 Å². The summed E-state index contributed by atoms with van der Waals surface area (Å²) < 4.78 is 5.77. The Morgan fingerprint density at radius 1 is 1.43 bits per heavy atom. The number of likely N-dealkylation sites (N-methyl/N-ethyl adjacent to an activating group) is 1. The molecule has 2 rings (SSSR count). The minimum atomic E-state index is -0.0448. The molecule has 1 aliphatic heterocycles. The van der Waals surface area contributed by atoms with Crippen molar-refractivity contribution in [2.24, 2.45) is 0 Å². The van der Waals surface area contributed by atoms with Gasteiger partial charge in [-0.3, -0.25) is 9.69 Å². The van der Waals surface area contributed by atoms with E-state index >= 15 is 0 Å². The van der Waals surface area contributed by atoms with Gasteiger partial charge in [0.1, 0.15) is 0 Å². The van der Waals surface area contributed by atoms with Crippen LogP contribution in [0.15, 0.2) is 24.3 Å². The predicted molar refractivity (Wildman–Crippen MR) is 84.3 cm³/mol. The molecule has 21 heavy (non-hydrogen) atoms. The molecule has 1 amide bonds. The van der Waals surface area contributed by atoms with Gasteiger partial charge in [0.25, 0.3) is 0 Å². The zero-order chi connectivity index (χ0) is 15.1. The third-order valence-electron chi connectivity index (χ3n) is 3.69. The molecule has 0 radical (unpaired) electrons. The van der Waals surface area contributed by atoms with E-state index in [2.05, 4.69) is 22.5 Å². The molecule has 116 valence electrons. The molecule has 1 atom stereocenters. The van der Waals surface area contributed by atoms with E-state index in [-0.39, 0.29) is 12.0 Å². The Kier molecular flexibility index (Phi) is 6.17. The molecule has 1 aliphatic rings. The molecule has 0 aliphatic carbocycles. The quantitative estimate of drug-likeness (QED) is 0.833. The maximum absolute atomic E-state index is 11.2. The van der Waals surface area contributed by atoms with Crippen molar-refractivity contribution < 1.29 is 9.53 Å². The van der Waals surface area contributed by atoms with Crippen LogP contribution in [0.1, 0.15) is 19.4 Å². The summed E-state index contributed by atoms with van der Waals surface area (Å²) in [5.74, 6) is -0.0448. The second kappa shape index (κ2) is 8.12. The Balaban J connectivity index is 1.82. The monoisotopic (exact) mass is 291 g/mol. The van der Waals surface area contributed by atoms with Crippen LogP contribution in [0.25, 0.3) is 0 Å². The predicted octanol–water partition coefficient (Wildman–Crippen LogP) is 1.46.